The number of hydrogen-bond acceptors (Lipinski definition) is 8. The van der Waals surface area contributed by atoms with Gasteiger partial charge in [0.2, 0.25) is 5.91 Å². The number of rotatable bonds is 7. The molecule has 2 aliphatic heterocycles. The molecule has 10 heteroatoms. The Balaban J connectivity index is 1.21. The Morgan fingerprint density at radius 2 is 2.06 bits per heavy atom. The highest BCUT2D eigenvalue weighted by Gasteiger charge is 2.25. The highest BCUT2D eigenvalue weighted by atomic mass is 32.2. The molecule has 168 valence electrons. The Labute approximate surface area is 195 Å². The average Bonchev–Trinajstić information content (AvgIpc) is 3.61. The van der Waals surface area contributed by atoms with Crippen LogP contribution in [-0.2, 0) is 16.1 Å². The fraction of sp³-hybridized carbons (Fsp3) is 0.455. The second kappa shape index (κ2) is 10.0. The van der Waals surface area contributed by atoms with Gasteiger partial charge in [0.15, 0.2) is 11.0 Å². The summed E-state index contributed by atoms with van der Waals surface area (Å²) < 4.78 is 7.98. The number of nitrogens with zero attached hydrogens (tertiary/aromatic N) is 6. The predicted molar refractivity (Wildman–Crippen MR) is 126 cm³/mol. The summed E-state index contributed by atoms with van der Waals surface area (Å²) in [5.41, 5.74) is 0. The summed E-state index contributed by atoms with van der Waals surface area (Å²) in [6, 6.07) is 10.0. The van der Waals surface area contributed by atoms with Gasteiger partial charge < -0.3 is 14.5 Å². The van der Waals surface area contributed by atoms with E-state index in [1.165, 1.54) is 11.8 Å². The maximum absolute atomic E-state index is 12.9. The van der Waals surface area contributed by atoms with E-state index in [1.54, 1.807) is 17.5 Å². The van der Waals surface area contributed by atoms with Crippen LogP contribution in [0.2, 0.25) is 0 Å². The summed E-state index contributed by atoms with van der Waals surface area (Å²) in [5.74, 6) is 2.32. The number of piperazine rings is 1. The first kappa shape index (κ1) is 21.4. The number of anilines is 1. The van der Waals surface area contributed by atoms with Crippen LogP contribution in [0.1, 0.15) is 12.8 Å². The first-order valence-electron chi connectivity index (χ1n) is 10.9. The first-order chi connectivity index (χ1) is 15.8. The number of pyridine rings is 1. The molecular weight excluding hydrogens is 444 g/mol. The predicted octanol–water partition coefficient (Wildman–Crippen LogP) is 3.02. The molecule has 0 saturated carbocycles. The van der Waals surface area contributed by atoms with E-state index in [9.17, 15) is 4.79 Å². The van der Waals surface area contributed by atoms with Gasteiger partial charge in [-0.05, 0) is 36.4 Å². The zero-order chi connectivity index (χ0) is 21.8. The third-order valence-electron chi connectivity index (χ3n) is 5.80. The van der Waals surface area contributed by atoms with E-state index in [2.05, 4.69) is 30.7 Å². The van der Waals surface area contributed by atoms with Gasteiger partial charge in [-0.25, -0.2) is 4.98 Å². The minimum atomic E-state index is 0.139. The van der Waals surface area contributed by atoms with Crippen molar-refractivity contribution in [2.24, 2.45) is 0 Å². The van der Waals surface area contributed by atoms with Crippen LogP contribution in [-0.4, -0.2) is 75.2 Å². The van der Waals surface area contributed by atoms with Crippen LogP contribution in [0.5, 0.6) is 0 Å². The average molecular weight is 471 g/mol. The van der Waals surface area contributed by atoms with Gasteiger partial charge in [0.05, 0.1) is 23.3 Å². The van der Waals surface area contributed by atoms with Gasteiger partial charge in [-0.3, -0.25) is 9.36 Å². The summed E-state index contributed by atoms with van der Waals surface area (Å²) in [6.07, 6.45) is 4.12. The number of amides is 1. The van der Waals surface area contributed by atoms with Crippen LogP contribution < -0.4 is 4.90 Å². The normalized spacial score (nSPS) is 18.9. The van der Waals surface area contributed by atoms with Crippen LogP contribution in [0.3, 0.4) is 0 Å². The topological polar surface area (TPSA) is 76.4 Å². The molecule has 0 unspecified atom stereocenters. The zero-order valence-electron chi connectivity index (χ0n) is 17.8. The molecule has 2 fully saturated rings. The van der Waals surface area contributed by atoms with E-state index in [-0.39, 0.29) is 12.0 Å². The lowest BCUT2D eigenvalue weighted by Gasteiger charge is -2.35. The molecule has 5 rings (SSSR count). The Kier molecular flexibility index (Phi) is 6.70. The molecule has 1 amide bonds. The molecule has 5 heterocycles. The summed E-state index contributed by atoms with van der Waals surface area (Å²) in [5, 5.41) is 11.7. The molecule has 8 nitrogen and oxygen atoms in total. The molecule has 0 spiro atoms. The minimum Gasteiger partial charge on any atom is -0.376 e. The van der Waals surface area contributed by atoms with Crippen molar-refractivity contribution in [2.45, 2.75) is 30.6 Å². The summed E-state index contributed by atoms with van der Waals surface area (Å²) in [6.45, 7) is 4.54. The zero-order valence-corrected chi connectivity index (χ0v) is 19.4. The molecule has 3 aromatic rings. The third kappa shape index (κ3) is 4.82. The highest BCUT2D eigenvalue weighted by Crippen LogP contribution is 2.29. The summed E-state index contributed by atoms with van der Waals surface area (Å²) >= 11 is 3.12. The van der Waals surface area contributed by atoms with E-state index in [4.69, 9.17) is 4.74 Å². The molecule has 0 N–H and O–H groups in total. The number of ether oxygens (including phenoxy) is 1. The lowest BCUT2D eigenvalue weighted by atomic mass is 10.2. The van der Waals surface area contributed by atoms with Gasteiger partial charge in [-0.15, -0.1) is 21.5 Å². The van der Waals surface area contributed by atoms with Crippen molar-refractivity contribution in [1.29, 1.82) is 0 Å². The van der Waals surface area contributed by atoms with E-state index in [0.29, 0.717) is 18.8 Å². The molecule has 2 aliphatic rings. The Morgan fingerprint density at radius 3 is 2.78 bits per heavy atom. The molecule has 0 radical (unpaired) electrons. The van der Waals surface area contributed by atoms with Crippen molar-refractivity contribution in [1.82, 2.24) is 24.6 Å². The standard InChI is InChI=1S/C22H26N6O2S2/c29-20(27-11-9-26(10-12-27)19-7-1-2-8-23-19)16-32-22-25-24-21(18-6-4-14-31-18)28(22)15-17-5-3-13-30-17/h1-2,4,6-8,14,17H,3,5,9-13,15-16H2/t17-/m1/s1. The molecular formula is C22H26N6O2S2. The number of carbonyl (C=O) groups is 1. The smallest absolute Gasteiger partial charge is 0.233 e. The quantitative estimate of drug-likeness (QED) is 0.491. The number of hydrogen-bond donors (Lipinski definition) is 0. The molecule has 2 saturated heterocycles. The lowest BCUT2D eigenvalue weighted by Crippen LogP contribution is -2.49. The maximum atomic E-state index is 12.9. The highest BCUT2D eigenvalue weighted by molar-refractivity contribution is 7.99. The SMILES string of the molecule is O=C(CSc1nnc(-c2cccs2)n1C[C@H]1CCCO1)N1CCN(c2ccccn2)CC1. The molecule has 0 aliphatic carbocycles. The molecule has 3 aromatic heterocycles. The first-order valence-corrected chi connectivity index (χ1v) is 12.8. The minimum absolute atomic E-state index is 0.139. The second-order valence-electron chi connectivity index (χ2n) is 7.87. The van der Waals surface area contributed by atoms with E-state index in [1.807, 2.05) is 34.5 Å². The maximum Gasteiger partial charge on any atom is 0.233 e. The van der Waals surface area contributed by atoms with Crippen LogP contribution in [0, 0.1) is 0 Å². The van der Waals surface area contributed by atoms with E-state index >= 15 is 0 Å². The number of carbonyl (C=O) groups excluding carboxylic acids is 1. The number of thioether (sulfide) groups is 1. The van der Waals surface area contributed by atoms with Gasteiger partial charge in [-0.2, -0.15) is 0 Å². The second-order valence-corrected chi connectivity index (χ2v) is 9.76. The van der Waals surface area contributed by atoms with E-state index < -0.39 is 0 Å². The Hall–Kier alpha value is -2.43. The van der Waals surface area contributed by atoms with E-state index in [0.717, 1.165) is 60.8 Å². The van der Waals surface area contributed by atoms with Crippen LogP contribution >= 0.6 is 23.1 Å². The summed E-state index contributed by atoms with van der Waals surface area (Å²) in [4.78, 5) is 22.6. The van der Waals surface area contributed by atoms with Crippen molar-refractivity contribution >= 4 is 34.8 Å². The van der Waals surface area contributed by atoms with Gasteiger partial charge in [0.25, 0.3) is 0 Å². The molecule has 0 bridgehead atoms. The van der Waals surface area contributed by atoms with Crippen molar-refractivity contribution in [3.63, 3.8) is 0 Å². The van der Waals surface area contributed by atoms with Gasteiger partial charge >= 0.3 is 0 Å². The number of aromatic nitrogens is 4. The van der Waals surface area contributed by atoms with Crippen molar-refractivity contribution in [2.75, 3.05) is 43.4 Å². The van der Waals surface area contributed by atoms with Crippen LogP contribution in [0.4, 0.5) is 5.82 Å². The largest absolute Gasteiger partial charge is 0.376 e. The Bertz CT molecular complexity index is 1010. The van der Waals surface area contributed by atoms with Crippen LogP contribution in [0.25, 0.3) is 10.7 Å². The van der Waals surface area contributed by atoms with Gasteiger partial charge in [0.1, 0.15) is 5.82 Å². The molecule has 0 aromatic carbocycles. The summed E-state index contributed by atoms with van der Waals surface area (Å²) in [7, 11) is 0. The van der Waals surface area contributed by atoms with Crippen molar-refractivity contribution in [3.05, 3.63) is 41.9 Å². The van der Waals surface area contributed by atoms with Crippen molar-refractivity contribution < 1.29 is 9.53 Å². The van der Waals surface area contributed by atoms with Crippen molar-refractivity contribution in [3.8, 4) is 10.7 Å². The van der Waals surface area contributed by atoms with Gasteiger partial charge in [0, 0.05) is 39.0 Å². The molecule has 1 atom stereocenters. The molecule has 32 heavy (non-hydrogen) atoms. The Morgan fingerprint density at radius 1 is 1.16 bits per heavy atom. The fourth-order valence-electron chi connectivity index (χ4n) is 4.08. The fourth-order valence-corrected chi connectivity index (χ4v) is 5.65. The third-order valence-corrected chi connectivity index (χ3v) is 7.62. The lowest BCUT2D eigenvalue weighted by molar-refractivity contribution is -0.128. The van der Waals surface area contributed by atoms with Gasteiger partial charge in [-0.1, -0.05) is 23.9 Å². The monoisotopic (exact) mass is 470 g/mol. The van der Waals surface area contributed by atoms with Crippen LogP contribution in [0.15, 0.2) is 47.1 Å². The number of thiophene rings is 1.